The van der Waals surface area contributed by atoms with Gasteiger partial charge in [-0.25, -0.2) is 0 Å². The van der Waals surface area contributed by atoms with Crippen molar-refractivity contribution < 1.29 is 34.2 Å². The lowest BCUT2D eigenvalue weighted by molar-refractivity contribution is 0.330. The minimum atomic E-state index is -4.94. The van der Waals surface area contributed by atoms with Gasteiger partial charge in [0.2, 0.25) is 0 Å². The molecule has 0 aliphatic rings. The first-order valence-corrected chi connectivity index (χ1v) is 6.53. The van der Waals surface area contributed by atoms with Crippen molar-refractivity contribution in [2.24, 2.45) is 11.5 Å². The van der Waals surface area contributed by atoms with Gasteiger partial charge in [-0.2, -0.15) is 0 Å². The lowest BCUT2D eigenvalue weighted by atomic mass is 10.4. The van der Waals surface area contributed by atoms with Gasteiger partial charge in [-0.3, -0.25) is 9.13 Å². The van der Waals surface area contributed by atoms with E-state index >= 15 is 0 Å². The zero-order valence-electron chi connectivity index (χ0n) is 7.02. The van der Waals surface area contributed by atoms with Crippen molar-refractivity contribution in [2.45, 2.75) is 11.4 Å². The van der Waals surface area contributed by atoms with Crippen LogP contribution in [0.2, 0.25) is 0 Å². The minimum Gasteiger partial charge on any atom is -0.412 e. The third-order valence-corrected chi connectivity index (χ3v) is 5.29. The molecule has 0 fully saturated rings. The van der Waals surface area contributed by atoms with Crippen LogP contribution in [0.25, 0.3) is 0 Å². The second-order valence-electron chi connectivity index (χ2n) is 2.49. The second-order valence-corrected chi connectivity index (χ2v) is 6.37. The Morgan fingerprint density at radius 2 is 1.36 bits per heavy atom. The van der Waals surface area contributed by atoms with Crippen LogP contribution in [0.4, 0.5) is 0 Å². The van der Waals surface area contributed by atoms with Crippen LogP contribution >= 0.6 is 15.2 Å². The van der Waals surface area contributed by atoms with Gasteiger partial charge in [0.1, 0.15) is 0 Å². The Bertz CT molecular complexity index is 236. The summed E-state index contributed by atoms with van der Waals surface area (Å²) in [4.78, 5) is 34.4. The molecule has 0 bridgehead atoms. The molecule has 0 heterocycles. The number of hydrogen-bond acceptors (Lipinski definition) is 4. The molecule has 0 aliphatic heterocycles. The Morgan fingerprint density at radius 1 is 1.07 bits per heavy atom. The maximum Gasteiger partial charge on any atom is 0.342 e. The largest absolute Gasteiger partial charge is 0.412 e. The standard InChI is InChI=1S/C3H12N2O6P2.H2O/c4-1-2(5)3(12(6,7)8)13(9,10)11;/h2-3H,1,4-5H2,(H2,6,7,8)(H2,9,10,11);1H2. The SMILES string of the molecule is NCC(N)C(P(=O)(O)O)P(=O)(O)O.O. The van der Waals surface area contributed by atoms with E-state index in [9.17, 15) is 9.13 Å². The normalized spacial score (nSPS) is 15.1. The van der Waals surface area contributed by atoms with E-state index in [1.165, 1.54) is 0 Å². The van der Waals surface area contributed by atoms with Crippen LogP contribution < -0.4 is 11.5 Å². The Kier molecular flexibility index (Phi) is 6.30. The molecule has 0 aromatic heterocycles. The monoisotopic (exact) mass is 252 g/mol. The molecule has 0 spiro atoms. The summed E-state index contributed by atoms with van der Waals surface area (Å²) in [5, 5.41) is -2.22. The van der Waals surface area contributed by atoms with Gasteiger partial charge in [0.05, 0.1) is 0 Å². The second kappa shape index (κ2) is 5.32. The predicted molar refractivity (Wildman–Crippen MR) is 48.5 cm³/mol. The smallest absolute Gasteiger partial charge is 0.342 e. The maximum atomic E-state index is 10.6. The van der Waals surface area contributed by atoms with E-state index in [4.69, 9.17) is 31.0 Å². The molecule has 0 saturated carbocycles. The fourth-order valence-electron chi connectivity index (χ4n) is 0.817. The third-order valence-electron chi connectivity index (χ3n) is 1.34. The van der Waals surface area contributed by atoms with E-state index in [2.05, 4.69) is 0 Å². The minimum absolute atomic E-state index is 0. The van der Waals surface area contributed by atoms with Crippen LogP contribution in [0, 0.1) is 0 Å². The van der Waals surface area contributed by atoms with Crippen molar-refractivity contribution in [1.82, 2.24) is 0 Å². The van der Waals surface area contributed by atoms with Gasteiger partial charge in [-0.1, -0.05) is 0 Å². The van der Waals surface area contributed by atoms with Gasteiger partial charge in [-0.15, -0.1) is 0 Å². The van der Waals surface area contributed by atoms with Gasteiger partial charge in [0, 0.05) is 12.6 Å². The summed E-state index contributed by atoms with van der Waals surface area (Å²) < 4.78 is 21.3. The van der Waals surface area contributed by atoms with Crippen LogP contribution in [-0.4, -0.2) is 43.0 Å². The van der Waals surface area contributed by atoms with E-state index in [-0.39, 0.29) is 5.48 Å². The van der Waals surface area contributed by atoms with Crippen LogP contribution in [0.5, 0.6) is 0 Å². The van der Waals surface area contributed by atoms with Crippen LogP contribution in [0.1, 0.15) is 0 Å². The zero-order valence-corrected chi connectivity index (χ0v) is 8.81. The van der Waals surface area contributed by atoms with Crippen molar-refractivity contribution in [3.8, 4) is 0 Å². The number of nitrogens with two attached hydrogens (primary N) is 2. The molecule has 0 saturated heterocycles. The summed E-state index contributed by atoms with van der Waals surface area (Å²) >= 11 is 0. The molecular formula is C3H14N2O7P2. The van der Waals surface area contributed by atoms with Crippen molar-refractivity contribution in [3.05, 3.63) is 0 Å². The number of rotatable bonds is 4. The summed E-state index contributed by atoms with van der Waals surface area (Å²) in [7, 11) is -9.88. The fraction of sp³-hybridized carbons (Fsp3) is 1.00. The Hall–Kier alpha value is 0.180. The molecule has 0 aliphatic carbocycles. The summed E-state index contributed by atoms with van der Waals surface area (Å²) in [6.07, 6.45) is 0. The van der Waals surface area contributed by atoms with Crippen molar-refractivity contribution in [1.29, 1.82) is 0 Å². The van der Waals surface area contributed by atoms with Gasteiger partial charge < -0.3 is 36.5 Å². The van der Waals surface area contributed by atoms with Crippen molar-refractivity contribution >= 4 is 15.2 Å². The molecule has 10 N–H and O–H groups in total. The highest BCUT2D eigenvalue weighted by Gasteiger charge is 2.46. The van der Waals surface area contributed by atoms with E-state index in [1.54, 1.807) is 0 Å². The van der Waals surface area contributed by atoms with Crippen LogP contribution in [0.3, 0.4) is 0 Å². The predicted octanol–water partition coefficient (Wildman–Crippen LogP) is -2.87. The quantitative estimate of drug-likeness (QED) is 0.286. The molecule has 1 unspecified atom stereocenters. The first-order chi connectivity index (χ1) is 5.60. The highest BCUT2D eigenvalue weighted by atomic mass is 31.2. The molecule has 0 amide bonds. The highest BCUT2D eigenvalue weighted by Crippen LogP contribution is 2.60. The average Bonchev–Trinajstić information content (AvgIpc) is 1.80. The Labute approximate surface area is 79.7 Å². The van der Waals surface area contributed by atoms with Gasteiger partial charge in [0.15, 0.2) is 5.40 Å². The molecule has 0 aromatic rings. The molecule has 11 heteroatoms. The summed E-state index contributed by atoms with van der Waals surface area (Å²) in [6.45, 7) is -0.416. The maximum absolute atomic E-state index is 10.6. The summed E-state index contributed by atoms with van der Waals surface area (Å²) in [5.74, 6) is 0. The Balaban J connectivity index is 0. The van der Waals surface area contributed by atoms with Gasteiger partial charge in [-0.05, 0) is 0 Å². The number of hydrogen-bond donors (Lipinski definition) is 6. The van der Waals surface area contributed by atoms with E-state index < -0.39 is 33.2 Å². The highest BCUT2D eigenvalue weighted by molar-refractivity contribution is 7.71. The van der Waals surface area contributed by atoms with Crippen molar-refractivity contribution in [2.75, 3.05) is 6.54 Å². The lowest BCUT2D eigenvalue weighted by Crippen LogP contribution is -2.40. The average molecular weight is 252 g/mol. The zero-order chi connectivity index (χ0) is 10.9. The van der Waals surface area contributed by atoms with Crippen molar-refractivity contribution in [3.63, 3.8) is 0 Å². The molecule has 9 nitrogen and oxygen atoms in total. The fourth-order valence-corrected chi connectivity index (χ4v) is 3.63. The summed E-state index contributed by atoms with van der Waals surface area (Å²) in [6, 6.07) is -1.43. The first kappa shape index (κ1) is 16.6. The molecular weight excluding hydrogens is 238 g/mol. The lowest BCUT2D eigenvalue weighted by Gasteiger charge is -2.23. The molecule has 0 aromatic carbocycles. The van der Waals surface area contributed by atoms with Gasteiger partial charge >= 0.3 is 15.2 Å². The van der Waals surface area contributed by atoms with Crippen LogP contribution in [0.15, 0.2) is 0 Å². The third kappa shape index (κ3) is 4.61. The van der Waals surface area contributed by atoms with E-state index in [0.29, 0.717) is 0 Å². The van der Waals surface area contributed by atoms with E-state index in [1.807, 2.05) is 0 Å². The topological polar surface area (TPSA) is 199 Å². The Morgan fingerprint density at radius 3 is 1.43 bits per heavy atom. The molecule has 14 heavy (non-hydrogen) atoms. The molecule has 88 valence electrons. The van der Waals surface area contributed by atoms with Gasteiger partial charge in [0.25, 0.3) is 0 Å². The molecule has 0 rings (SSSR count). The molecule has 1 atom stereocenters. The van der Waals surface area contributed by atoms with Crippen LogP contribution in [-0.2, 0) is 9.13 Å². The molecule has 0 radical (unpaired) electrons. The summed E-state index contributed by atoms with van der Waals surface area (Å²) in [5.41, 5.74) is 10.0. The first-order valence-electron chi connectivity index (χ1n) is 3.16. The van der Waals surface area contributed by atoms with E-state index in [0.717, 1.165) is 0 Å².